The van der Waals surface area contributed by atoms with Crippen molar-refractivity contribution >= 4 is 5.91 Å². The highest BCUT2D eigenvalue weighted by Gasteiger charge is 2.23. The molecular weight excluding hydrogens is 164 g/mol. The smallest absolute Gasteiger partial charge is 0.222 e. The van der Waals surface area contributed by atoms with Gasteiger partial charge < -0.3 is 10.6 Å². The zero-order valence-electron chi connectivity index (χ0n) is 8.46. The second-order valence-corrected chi connectivity index (χ2v) is 3.79. The van der Waals surface area contributed by atoms with Crippen LogP contribution in [0.3, 0.4) is 0 Å². The molecule has 0 spiro atoms. The summed E-state index contributed by atoms with van der Waals surface area (Å²) >= 11 is 0. The lowest BCUT2D eigenvalue weighted by Gasteiger charge is -2.15. The quantitative estimate of drug-likeness (QED) is 0.708. The molecule has 0 aromatic heterocycles. The normalized spacial score (nSPS) is 22.3. The van der Waals surface area contributed by atoms with Crippen molar-refractivity contribution in [3.05, 3.63) is 0 Å². The third-order valence-corrected chi connectivity index (χ3v) is 2.81. The summed E-state index contributed by atoms with van der Waals surface area (Å²) in [6.45, 7) is 4.75. The number of amides is 1. The fourth-order valence-electron chi connectivity index (χ4n) is 1.80. The van der Waals surface area contributed by atoms with Crippen LogP contribution in [0, 0.1) is 5.92 Å². The Bertz CT molecular complexity index is 170. The van der Waals surface area contributed by atoms with Crippen molar-refractivity contribution in [2.24, 2.45) is 11.7 Å². The Morgan fingerprint density at radius 2 is 2.38 bits per heavy atom. The average molecular weight is 184 g/mol. The molecule has 1 unspecified atom stereocenters. The van der Waals surface area contributed by atoms with Gasteiger partial charge in [0.25, 0.3) is 0 Å². The van der Waals surface area contributed by atoms with Crippen LogP contribution in [0.4, 0.5) is 0 Å². The van der Waals surface area contributed by atoms with E-state index in [0.29, 0.717) is 18.9 Å². The van der Waals surface area contributed by atoms with Crippen molar-refractivity contribution in [1.82, 2.24) is 4.90 Å². The molecule has 1 rings (SSSR count). The summed E-state index contributed by atoms with van der Waals surface area (Å²) in [5.41, 5.74) is 5.36. The first-order chi connectivity index (χ1) is 6.27. The average Bonchev–Trinajstić information content (AvgIpc) is 2.62. The van der Waals surface area contributed by atoms with Crippen LogP contribution in [0.2, 0.25) is 0 Å². The standard InChI is InChI=1S/C10H20N2O/c1-2-9-5-7-12(8-9)10(13)4-3-6-11/h9H,2-8,11H2,1H3. The van der Waals surface area contributed by atoms with Gasteiger partial charge in [-0.3, -0.25) is 4.79 Å². The minimum Gasteiger partial charge on any atom is -0.342 e. The van der Waals surface area contributed by atoms with Crippen LogP contribution in [0.5, 0.6) is 0 Å². The van der Waals surface area contributed by atoms with Crippen molar-refractivity contribution in [2.45, 2.75) is 32.6 Å². The molecule has 0 aliphatic carbocycles. The van der Waals surface area contributed by atoms with Gasteiger partial charge in [-0.05, 0) is 25.3 Å². The number of rotatable bonds is 4. The van der Waals surface area contributed by atoms with Crippen LogP contribution in [0.25, 0.3) is 0 Å². The SMILES string of the molecule is CCC1CCN(C(=O)CCCN)C1. The second kappa shape index (κ2) is 5.22. The van der Waals surface area contributed by atoms with Gasteiger partial charge >= 0.3 is 0 Å². The molecule has 76 valence electrons. The first-order valence-electron chi connectivity index (χ1n) is 5.25. The van der Waals surface area contributed by atoms with E-state index >= 15 is 0 Å². The van der Waals surface area contributed by atoms with E-state index in [1.807, 2.05) is 4.90 Å². The molecule has 2 N–H and O–H groups in total. The van der Waals surface area contributed by atoms with Crippen LogP contribution in [-0.2, 0) is 4.79 Å². The van der Waals surface area contributed by atoms with E-state index in [9.17, 15) is 4.79 Å². The van der Waals surface area contributed by atoms with Crippen molar-refractivity contribution in [1.29, 1.82) is 0 Å². The van der Waals surface area contributed by atoms with Crippen molar-refractivity contribution < 1.29 is 4.79 Å². The lowest BCUT2D eigenvalue weighted by atomic mass is 10.1. The summed E-state index contributed by atoms with van der Waals surface area (Å²) in [7, 11) is 0. The van der Waals surface area contributed by atoms with Gasteiger partial charge in [-0.2, -0.15) is 0 Å². The second-order valence-electron chi connectivity index (χ2n) is 3.79. The molecule has 1 heterocycles. The number of hydrogen-bond donors (Lipinski definition) is 1. The summed E-state index contributed by atoms with van der Waals surface area (Å²) in [5.74, 6) is 1.03. The highest BCUT2D eigenvalue weighted by molar-refractivity contribution is 5.76. The number of likely N-dealkylation sites (tertiary alicyclic amines) is 1. The molecule has 1 saturated heterocycles. The van der Waals surface area contributed by atoms with Gasteiger partial charge in [0.2, 0.25) is 5.91 Å². The maximum Gasteiger partial charge on any atom is 0.222 e. The van der Waals surface area contributed by atoms with Crippen LogP contribution < -0.4 is 5.73 Å². The van der Waals surface area contributed by atoms with Crippen molar-refractivity contribution in [3.63, 3.8) is 0 Å². The van der Waals surface area contributed by atoms with E-state index in [4.69, 9.17) is 5.73 Å². The van der Waals surface area contributed by atoms with Gasteiger partial charge in [-0.1, -0.05) is 13.3 Å². The number of nitrogens with two attached hydrogens (primary N) is 1. The van der Waals surface area contributed by atoms with Crippen LogP contribution >= 0.6 is 0 Å². The molecule has 1 aliphatic heterocycles. The topological polar surface area (TPSA) is 46.3 Å². The van der Waals surface area contributed by atoms with Crippen LogP contribution in [0.1, 0.15) is 32.6 Å². The highest BCUT2D eigenvalue weighted by Crippen LogP contribution is 2.19. The summed E-state index contributed by atoms with van der Waals surface area (Å²) in [5, 5.41) is 0. The Hall–Kier alpha value is -0.570. The van der Waals surface area contributed by atoms with Gasteiger partial charge in [0.05, 0.1) is 0 Å². The Morgan fingerprint density at radius 1 is 1.62 bits per heavy atom. The van der Waals surface area contributed by atoms with Gasteiger partial charge in [0, 0.05) is 19.5 Å². The molecule has 1 amide bonds. The molecular formula is C10H20N2O. The molecule has 0 radical (unpaired) electrons. The molecule has 0 bridgehead atoms. The molecule has 0 aromatic carbocycles. The lowest BCUT2D eigenvalue weighted by Crippen LogP contribution is -2.28. The number of carbonyl (C=O) groups is 1. The Balaban J connectivity index is 2.25. The number of carbonyl (C=O) groups excluding carboxylic acids is 1. The third kappa shape index (κ3) is 2.99. The van der Waals surface area contributed by atoms with E-state index in [1.165, 1.54) is 12.8 Å². The molecule has 0 aromatic rings. The first kappa shape index (κ1) is 10.5. The van der Waals surface area contributed by atoms with E-state index in [0.717, 1.165) is 25.4 Å². The minimum atomic E-state index is 0.293. The van der Waals surface area contributed by atoms with E-state index in [2.05, 4.69) is 6.92 Å². The van der Waals surface area contributed by atoms with E-state index < -0.39 is 0 Å². The van der Waals surface area contributed by atoms with E-state index in [-0.39, 0.29) is 0 Å². The summed E-state index contributed by atoms with van der Waals surface area (Å²) in [4.78, 5) is 13.5. The monoisotopic (exact) mass is 184 g/mol. The van der Waals surface area contributed by atoms with E-state index in [1.54, 1.807) is 0 Å². The fraction of sp³-hybridized carbons (Fsp3) is 0.900. The highest BCUT2D eigenvalue weighted by atomic mass is 16.2. The van der Waals surface area contributed by atoms with Gasteiger partial charge in [-0.15, -0.1) is 0 Å². The van der Waals surface area contributed by atoms with Gasteiger partial charge in [0.15, 0.2) is 0 Å². The Morgan fingerprint density at radius 3 is 2.92 bits per heavy atom. The fourth-order valence-corrected chi connectivity index (χ4v) is 1.80. The molecule has 0 saturated carbocycles. The Kier molecular flexibility index (Phi) is 4.22. The molecule has 13 heavy (non-hydrogen) atoms. The predicted octanol–water partition coefficient (Wildman–Crippen LogP) is 0.984. The van der Waals surface area contributed by atoms with Gasteiger partial charge in [0.1, 0.15) is 0 Å². The lowest BCUT2D eigenvalue weighted by molar-refractivity contribution is -0.130. The zero-order chi connectivity index (χ0) is 9.68. The summed E-state index contributed by atoms with van der Waals surface area (Å²) in [6, 6.07) is 0. The maximum atomic E-state index is 11.5. The third-order valence-electron chi connectivity index (χ3n) is 2.81. The summed E-state index contributed by atoms with van der Waals surface area (Å²) in [6.07, 6.45) is 3.84. The molecule has 1 fully saturated rings. The maximum absolute atomic E-state index is 11.5. The minimum absolute atomic E-state index is 0.293. The predicted molar refractivity (Wildman–Crippen MR) is 53.3 cm³/mol. The molecule has 3 nitrogen and oxygen atoms in total. The number of hydrogen-bond acceptors (Lipinski definition) is 2. The first-order valence-corrected chi connectivity index (χ1v) is 5.25. The van der Waals surface area contributed by atoms with Gasteiger partial charge in [-0.25, -0.2) is 0 Å². The van der Waals surface area contributed by atoms with Crippen LogP contribution in [-0.4, -0.2) is 30.4 Å². The van der Waals surface area contributed by atoms with Crippen molar-refractivity contribution in [2.75, 3.05) is 19.6 Å². The molecule has 1 atom stereocenters. The largest absolute Gasteiger partial charge is 0.342 e. The Labute approximate surface area is 80.3 Å². The molecule has 3 heteroatoms. The zero-order valence-corrected chi connectivity index (χ0v) is 8.46. The summed E-state index contributed by atoms with van der Waals surface area (Å²) < 4.78 is 0. The number of nitrogens with zero attached hydrogens (tertiary/aromatic N) is 1. The molecule has 1 aliphatic rings. The van der Waals surface area contributed by atoms with Crippen molar-refractivity contribution in [3.8, 4) is 0 Å². The van der Waals surface area contributed by atoms with Crippen LogP contribution in [0.15, 0.2) is 0 Å².